The summed E-state index contributed by atoms with van der Waals surface area (Å²) in [6.45, 7) is 0. The monoisotopic (exact) mass is 228 g/mol. The van der Waals surface area contributed by atoms with Crippen molar-refractivity contribution in [3.63, 3.8) is 0 Å². The number of halogens is 2. The van der Waals surface area contributed by atoms with E-state index in [1.807, 2.05) is 6.07 Å². The molecule has 0 aliphatic carbocycles. The second-order valence-corrected chi connectivity index (χ2v) is 3.16. The Hall–Kier alpha value is -1.08. The predicted octanol–water partition coefficient (Wildman–Crippen LogP) is 2.24. The first kappa shape index (κ1) is 9.01. The summed E-state index contributed by atoms with van der Waals surface area (Å²) < 4.78 is 13.4. The van der Waals surface area contributed by atoms with Crippen LogP contribution in [0.2, 0.25) is 0 Å². The number of benzene rings is 1. The molecule has 0 aromatic heterocycles. The lowest BCUT2D eigenvalue weighted by Gasteiger charge is -2.01. The maximum absolute atomic E-state index is 12.9. The van der Waals surface area contributed by atoms with Gasteiger partial charge in [-0.2, -0.15) is 5.26 Å². The minimum absolute atomic E-state index is 0.0803. The van der Waals surface area contributed by atoms with Crippen LogP contribution in [-0.4, -0.2) is 0 Å². The van der Waals surface area contributed by atoms with Gasteiger partial charge in [-0.05, 0) is 33.6 Å². The number of nitriles is 1. The van der Waals surface area contributed by atoms with Gasteiger partial charge in [0.25, 0.3) is 0 Å². The molecular formula is C8H6BrFN2. The number of anilines is 1. The zero-order valence-electron chi connectivity index (χ0n) is 6.14. The molecule has 0 saturated heterocycles. The Bertz CT molecular complexity index is 320. The summed E-state index contributed by atoms with van der Waals surface area (Å²) in [5, 5.41) is 8.35. The first-order valence-electron chi connectivity index (χ1n) is 3.25. The second kappa shape index (κ2) is 3.55. The number of nitrogens with zero attached hydrogens (tertiary/aromatic N) is 1. The molecule has 0 saturated carbocycles. The highest BCUT2D eigenvalue weighted by Crippen LogP contribution is 2.24. The van der Waals surface area contributed by atoms with E-state index >= 15 is 0 Å². The SMILES string of the molecule is N#CCc1cc(F)c(N)c(Br)c1. The Morgan fingerprint density at radius 1 is 1.58 bits per heavy atom. The van der Waals surface area contributed by atoms with Crippen molar-refractivity contribution in [3.8, 4) is 6.07 Å². The maximum Gasteiger partial charge on any atom is 0.147 e. The number of hydrogen-bond acceptors (Lipinski definition) is 2. The third kappa shape index (κ3) is 1.74. The Labute approximate surface area is 77.9 Å². The van der Waals surface area contributed by atoms with Crippen LogP contribution in [0, 0.1) is 17.1 Å². The lowest BCUT2D eigenvalue weighted by Crippen LogP contribution is -1.94. The average molecular weight is 229 g/mol. The molecule has 4 heteroatoms. The van der Waals surface area contributed by atoms with Gasteiger partial charge in [-0.3, -0.25) is 0 Å². The molecule has 2 nitrogen and oxygen atoms in total. The Balaban J connectivity index is 3.14. The van der Waals surface area contributed by atoms with Crippen molar-refractivity contribution < 1.29 is 4.39 Å². The predicted molar refractivity (Wildman–Crippen MR) is 47.8 cm³/mol. The van der Waals surface area contributed by atoms with Crippen LogP contribution in [0.15, 0.2) is 16.6 Å². The Morgan fingerprint density at radius 2 is 2.25 bits per heavy atom. The van der Waals surface area contributed by atoms with Crippen LogP contribution in [0.1, 0.15) is 5.56 Å². The van der Waals surface area contributed by atoms with E-state index < -0.39 is 5.82 Å². The summed E-state index contributed by atoms with van der Waals surface area (Å²) in [5.41, 5.74) is 6.04. The molecule has 1 aromatic carbocycles. The van der Waals surface area contributed by atoms with Gasteiger partial charge in [0, 0.05) is 4.47 Å². The molecule has 0 aliphatic heterocycles. The lowest BCUT2D eigenvalue weighted by atomic mass is 10.1. The molecule has 0 spiro atoms. The van der Waals surface area contributed by atoms with Crippen molar-refractivity contribution in [2.24, 2.45) is 0 Å². The van der Waals surface area contributed by atoms with Crippen LogP contribution >= 0.6 is 15.9 Å². The van der Waals surface area contributed by atoms with E-state index in [4.69, 9.17) is 11.0 Å². The molecule has 1 aromatic rings. The third-order valence-corrected chi connectivity index (χ3v) is 2.08. The van der Waals surface area contributed by atoms with Crippen molar-refractivity contribution >= 4 is 21.6 Å². The van der Waals surface area contributed by atoms with Crippen molar-refractivity contribution in [3.05, 3.63) is 28.0 Å². The fraction of sp³-hybridized carbons (Fsp3) is 0.125. The zero-order chi connectivity index (χ0) is 9.14. The molecule has 1 rings (SSSR count). The first-order valence-corrected chi connectivity index (χ1v) is 4.05. The highest BCUT2D eigenvalue weighted by atomic mass is 79.9. The van der Waals surface area contributed by atoms with Gasteiger partial charge in [0.1, 0.15) is 5.82 Å². The Morgan fingerprint density at radius 3 is 2.75 bits per heavy atom. The van der Waals surface area contributed by atoms with E-state index in [9.17, 15) is 4.39 Å². The van der Waals surface area contributed by atoms with Crippen LogP contribution in [0.4, 0.5) is 10.1 Å². The smallest absolute Gasteiger partial charge is 0.147 e. The number of rotatable bonds is 1. The van der Waals surface area contributed by atoms with Crippen molar-refractivity contribution in [1.29, 1.82) is 5.26 Å². The molecule has 0 heterocycles. The number of nitrogens with two attached hydrogens (primary N) is 1. The summed E-state index contributed by atoms with van der Waals surface area (Å²) in [4.78, 5) is 0. The van der Waals surface area contributed by atoms with Crippen LogP contribution in [0.5, 0.6) is 0 Å². The zero-order valence-corrected chi connectivity index (χ0v) is 7.73. The molecule has 2 N–H and O–H groups in total. The van der Waals surface area contributed by atoms with Crippen LogP contribution < -0.4 is 5.73 Å². The molecule has 0 bridgehead atoms. The molecule has 12 heavy (non-hydrogen) atoms. The molecule has 0 radical (unpaired) electrons. The van der Waals surface area contributed by atoms with E-state index in [-0.39, 0.29) is 12.1 Å². The van der Waals surface area contributed by atoms with E-state index in [2.05, 4.69) is 15.9 Å². The van der Waals surface area contributed by atoms with E-state index in [1.54, 1.807) is 6.07 Å². The largest absolute Gasteiger partial charge is 0.395 e. The first-order chi connectivity index (χ1) is 5.65. The van der Waals surface area contributed by atoms with Gasteiger partial charge in [0.15, 0.2) is 0 Å². The summed E-state index contributed by atoms with van der Waals surface area (Å²) in [6, 6.07) is 4.84. The highest BCUT2D eigenvalue weighted by Gasteiger charge is 2.04. The van der Waals surface area contributed by atoms with Gasteiger partial charge in [0.2, 0.25) is 0 Å². The lowest BCUT2D eigenvalue weighted by molar-refractivity contribution is 0.630. The minimum Gasteiger partial charge on any atom is -0.395 e. The van der Waals surface area contributed by atoms with E-state index in [0.717, 1.165) is 0 Å². The van der Waals surface area contributed by atoms with Crippen molar-refractivity contribution in [2.75, 3.05) is 5.73 Å². The molecule has 0 aliphatic rings. The topological polar surface area (TPSA) is 49.8 Å². The van der Waals surface area contributed by atoms with E-state index in [0.29, 0.717) is 10.0 Å². The fourth-order valence-electron chi connectivity index (χ4n) is 0.830. The second-order valence-electron chi connectivity index (χ2n) is 2.31. The third-order valence-electron chi connectivity index (χ3n) is 1.42. The molecule has 0 atom stereocenters. The molecular weight excluding hydrogens is 223 g/mol. The van der Waals surface area contributed by atoms with E-state index in [1.165, 1.54) is 6.07 Å². The van der Waals surface area contributed by atoms with Gasteiger partial charge < -0.3 is 5.73 Å². The van der Waals surface area contributed by atoms with Crippen LogP contribution in [-0.2, 0) is 6.42 Å². The molecule has 0 amide bonds. The molecule has 0 unspecified atom stereocenters. The minimum atomic E-state index is -0.491. The average Bonchev–Trinajstić information content (AvgIpc) is 2.01. The normalized spacial score (nSPS) is 9.42. The number of nitrogen functional groups attached to an aromatic ring is 1. The van der Waals surface area contributed by atoms with Crippen LogP contribution in [0.3, 0.4) is 0 Å². The standard InChI is InChI=1S/C8H6BrFN2/c9-6-3-5(1-2-11)4-7(10)8(6)12/h3-4H,1,12H2. The number of hydrogen-bond donors (Lipinski definition) is 1. The van der Waals surface area contributed by atoms with Crippen molar-refractivity contribution in [2.45, 2.75) is 6.42 Å². The van der Waals surface area contributed by atoms with Gasteiger partial charge >= 0.3 is 0 Å². The molecule has 62 valence electrons. The van der Waals surface area contributed by atoms with Gasteiger partial charge in [-0.15, -0.1) is 0 Å². The van der Waals surface area contributed by atoms with Crippen LogP contribution in [0.25, 0.3) is 0 Å². The van der Waals surface area contributed by atoms with Gasteiger partial charge in [-0.25, -0.2) is 4.39 Å². The maximum atomic E-state index is 12.9. The molecule has 0 fully saturated rings. The van der Waals surface area contributed by atoms with Crippen molar-refractivity contribution in [1.82, 2.24) is 0 Å². The summed E-state index contributed by atoms with van der Waals surface area (Å²) in [6.07, 6.45) is 0.190. The fourth-order valence-corrected chi connectivity index (χ4v) is 1.31. The summed E-state index contributed by atoms with van der Waals surface area (Å²) >= 11 is 3.09. The van der Waals surface area contributed by atoms with Gasteiger partial charge in [-0.1, -0.05) is 0 Å². The summed E-state index contributed by atoms with van der Waals surface area (Å²) in [7, 11) is 0. The summed E-state index contributed by atoms with van der Waals surface area (Å²) in [5.74, 6) is -0.491. The quantitative estimate of drug-likeness (QED) is 0.750. The van der Waals surface area contributed by atoms with Gasteiger partial charge in [0.05, 0.1) is 18.2 Å². The highest BCUT2D eigenvalue weighted by molar-refractivity contribution is 9.10. The Kier molecular flexibility index (Phi) is 2.66.